The monoisotopic (exact) mass is 422 g/mol. The van der Waals surface area contributed by atoms with Gasteiger partial charge in [-0.2, -0.15) is 4.98 Å². The molecule has 0 bridgehead atoms. The van der Waals surface area contributed by atoms with Crippen molar-refractivity contribution in [2.45, 2.75) is 39.5 Å². The first-order valence-electron chi connectivity index (χ1n) is 9.79. The Kier molecular flexibility index (Phi) is 6.76. The van der Waals surface area contributed by atoms with Gasteiger partial charge in [-0.05, 0) is 50.6 Å². The minimum Gasteiger partial charge on any atom is -0.444 e. The number of nitrogens with zero attached hydrogens (tertiary/aromatic N) is 5. The van der Waals surface area contributed by atoms with Crippen LogP contribution < -0.4 is 5.32 Å². The highest BCUT2D eigenvalue weighted by atomic mass is 16.6. The quantitative estimate of drug-likeness (QED) is 0.620. The maximum Gasteiger partial charge on any atom is 0.410 e. The normalized spacial score (nSPS) is 11.1. The first-order valence-corrected chi connectivity index (χ1v) is 9.79. The molecule has 0 aliphatic carbocycles. The molecule has 0 aliphatic heterocycles. The minimum atomic E-state index is -0.564. The van der Waals surface area contributed by atoms with Gasteiger partial charge in [0, 0.05) is 24.5 Å². The molecule has 0 unspecified atom stereocenters. The lowest BCUT2D eigenvalue weighted by molar-refractivity contribution is 0.0283. The SMILES string of the molecule is CN(Cc1cc(-c2ncnc(Nc3cccc(CO)c3)n2)ccn1)C(=O)OC(C)(C)C. The van der Waals surface area contributed by atoms with Crippen LogP contribution in [0.2, 0.25) is 0 Å². The van der Waals surface area contributed by atoms with Crippen molar-refractivity contribution in [3.8, 4) is 11.4 Å². The van der Waals surface area contributed by atoms with Gasteiger partial charge in [0.2, 0.25) is 5.95 Å². The van der Waals surface area contributed by atoms with E-state index in [1.807, 2.05) is 51.1 Å². The van der Waals surface area contributed by atoms with E-state index < -0.39 is 11.7 Å². The summed E-state index contributed by atoms with van der Waals surface area (Å²) in [5, 5.41) is 12.4. The van der Waals surface area contributed by atoms with Crippen molar-refractivity contribution in [2.24, 2.45) is 0 Å². The van der Waals surface area contributed by atoms with E-state index in [9.17, 15) is 9.90 Å². The fraction of sp³-hybridized carbons (Fsp3) is 0.318. The van der Waals surface area contributed by atoms with E-state index in [-0.39, 0.29) is 13.2 Å². The lowest BCUT2D eigenvalue weighted by atomic mass is 10.2. The number of aromatic nitrogens is 4. The molecule has 1 aromatic carbocycles. The Hall–Kier alpha value is -3.59. The highest BCUT2D eigenvalue weighted by Crippen LogP contribution is 2.19. The Morgan fingerprint density at radius 2 is 1.97 bits per heavy atom. The standard InChI is InChI=1S/C22H26N6O3/c1-22(2,3)31-21(30)28(4)12-18-11-16(8-9-23-18)19-24-14-25-20(27-19)26-17-7-5-6-15(10-17)13-29/h5-11,14,29H,12-13H2,1-4H3,(H,24,25,26,27). The van der Waals surface area contributed by atoms with Crippen LogP contribution in [0.4, 0.5) is 16.4 Å². The number of hydrogen-bond donors (Lipinski definition) is 2. The Balaban J connectivity index is 1.75. The summed E-state index contributed by atoms with van der Waals surface area (Å²) in [4.78, 5) is 30.9. The zero-order valence-corrected chi connectivity index (χ0v) is 18.0. The van der Waals surface area contributed by atoms with E-state index in [0.717, 1.165) is 16.8 Å². The lowest BCUT2D eigenvalue weighted by Crippen LogP contribution is -2.34. The summed E-state index contributed by atoms with van der Waals surface area (Å²) in [5.74, 6) is 0.851. The van der Waals surface area contributed by atoms with Gasteiger partial charge in [0.1, 0.15) is 11.9 Å². The molecular weight excluding hydrogens is 396 g/mol. The number of amides is 1. The highest BCUT2D eigenvalue weighted by molar-refractivity contribution is 5.68. The zero-order chi connectivity index (χ0) is 22.4. The molecule has 1 amide bonds. The molecule has 0 spiro atoms. The number of aliphatic hydroxyl groups is 1. The van der Waals surface area contributed by atoms with Crippen molar-refractivity contribution in [1.29, 1.82) is 0 Å². The first-order chi connectivity index (χ1) is 14.7. The molecule has 0 fully saturated rings. The number of benzene rings is 1. The van der Waals surface area contributed by atoms with Gasteiger partial charge in [-0.25, -0.2) is 14.8 Å². The molecule has 2 aromatic heterocycles. The summed E-state index contributed by atoms with van der Waals surface area (Å²) in [6.45, 7) is 5.71. The third-order valence-electron chi connectivity index (χ3n) is 4.12. The van der Waals surface area contributed by atoms with Gasteiger partial charge >= 0.3 is 6.09 Å². The van der Waals surface area contributed by atoms with Crippen molar-refractivity contribution in [3.05, 3.63) is 60.2 Å². The molecule has 162 valence electrons. The van der Waals surface area contributed by atoms with Crippen LogP contribution >= 0.6 is 0 Å². The Labute approximate surface area is 181 Å². The van der Waals surface area contributed by atoms with Crippen LogP contribution in [-0.2, 0) is 17.9 Å². The van der Waals surface area contributed by atoms with Crippen molar-refractivity contribution in [3.63, 3.8) is 0 Å². The maximum atomic E-state index is 12.2. The molecule has 3 aromatic rings. The maximum absolute atomic E-state index is 12.2. The number of anilines is 2. The van der Waals surface area contributed by atoms with Crippen molar-refractivity contribution >= 4 is 17.7 Å². The second kappa shape index (κ2) is 9.48. The summed E-state index contributed by atoms with van der Waals surface area (Å²) in [6, 6.07) is 11.0. The van der Waals surface area contributed by atoms with Crippen LogP contribution in [0.25, 0.3) is 11.4 Å². The van der Waals surface area contributed by atoms with Gasteiger partial charge in [0.25, 0.3) is 0 Å². The van der Waals surface area contributed by atoms with Crippen LogP contribution in [0.3, 0.4) is 0 Å². The number of carbonyl (C=O) groups excluding carboxylic acids is 1. The topological polar surface area (TPSA) is 113 Å². The van der Waals surface area contributed by atoms with E-state index in [1.54, 1.807) is 19.3 Å². The van der Waals surface area contributed by atoms with Crippen LogP contribution in [0.15, 0.2) is 48.9 Å². The summed E-state index contributed by atoms with van der Waals surface area (Å²) in [5.41, 5.74) is 2.41. The number of nitrogens with one attached hydrogen (secondary N) is 1. The average molecular weight is 422 g/mol. The largest absolute Gasteiger partial charge is 0.444 e. The van der Waals surface area contributed by atoms with E-state index in [0.29, 0.717) is 17.5 Å². The number of hydrogen-bond acceptors (Lipinski definition) is 8. The molecule has 0 radical (unpaired) electrons. The van der Waals surface area contributed by atoms with Gasteiger partial charge in [-0.1, -0.05) is 12.1 Å². The fourth-order valence-electron chi connectivity index (χ4n) is 2.72. The molecular formula is C22H26N6O3. The van der Waals surface area contributed by atoms with E-state index >= 15 is 0 Å². The van der Waals surface area contributed by atoms with Crippen molar-refractivity contribution in [2.75, 3.05) is 12.4 Å². The molecule has 31 heavy (non-hydrogen) atoms. The highest BCUT2D eigenvalue weighted by Gasteiger charge is 2.20. The summed E-state index contributed by atoms with van der Waals surface area (Å²) in [7, 11) is 1.66. The molecule has 0 saturated heterocycles. The number of rotatable bonds is 6. The summed E-state index contributed by atoms with van der Waals surface area (Å²) < 4.78 is 5.38. The smallest absolute Gasteiger partial charge is 0.410 e. The third-order valence-corrected chi connectivity index (χ3v) is 4.12. The number of ether oxygens (including phenoxy) is 1. The first kappa shape index (κ1) is 22.1. The Morgan fingerprint density at radius 1 is 1.16 bits per heavy atom. The van der Waals surface area contributed by atoms with Gasteiger partial charge in [-0.3, -0.25) is 4.98 Å². The lowest BCUT2D eigenvalue weighted by Gasteiger charge is -2.24. The number of aliphatic hydroxyl groups excluding tert-OH is 1. The summed E-state index contributed by atoms with van der Waals surface area (Å²) >= 11 is 0. The van der Waals surface area contributed by atoms with Gasteiger partial charge in [-0.15, -0.1) is 0 Å². The second-order valence-electron chi connectivity index (χ2n) is 7.99. The summed E-state index contributed by atoms with van der Waals surface area (Å²) in [6.07, 6.45) is 2.65. The fourth-order valence-corrected chi connectivity index (χ4v) is 2.72. The Bertz CT molecular complexity index is 1050. The van der Waals surface area contributed by atoms with Crippen LogP contribution in [0, 0.1) is 0 Å². The second-order valence-corrected chi connectivity index (χ2v) is 7.99. The van der Waals surface area contributed by atoms with Crippen molar-refractivity contribution < 1.29 is 14.6 Å². The molecule has 2 heterocycles. The van der Waals surface area contributed by atoms with Gasteiger partial charge < -0.3 is 20.1 Å². The zero-order valence-electron chi connectivity index (χ0n) is 18.0. The number of pyridine rings is 1. The van der Waals surface area contributed by atoms with E-state index in [4.69, 9.17) is 4.74 Å². The predicted octanol–water partition coefficient (Wildman–Crippen LogP) is 3.54. The van der Waals surface area contributed by atoms with E-state index in [2.05, 4.69) is 25.3 Å². The van der Waals surface area contributed by atoms with E-state index in [1.165, 1.54) is 11.2 Å². The molecule has 0 saturated carbocycles. The third kappa shape index (κ3) is 6.45. The van der Waals surface area contributed by atoms with Crippen molar-refractivity contribution in [1.82, 2.24) is 24.8 Å². The van der Waals surface area contributed by atoms with Crippen LogP contribution in [0.1, 0.15) is 32.0 Å². The molecule has 9 nitrogen and oxygen atoms in total. The molecule has 3 rings (SSSR count). The minimum absolute atomic E-state index is 0.0461. The van der Waals surface area contributed by atoms with Crippen LogP contribution in [0.5, 0.6) is 0 Å². The molecule has 0 atom stereocenters. The molecule has 0 aliphatic rings. The van der Waals surface area contributed by atoms with Gasteiger partial charge in [0.15, 0.2) is 5.82 Å². The van der Waals surface area contributed by atoms with Gasteiger partial charge in [0.05, 0.1) is 18.8 Å². The number of carbonyl (C=O) groups is 1. The molecule has 9 heteroatoms. The molecule has 2 N–H and O–H groups in total. The van der Waals surface area contributed by atoms with Crippen LogP contribution in [-0.4, -0.2) is 48.7 Å². The average Bonchev–Trinajstić information content (AvgIpc) is 2.73. The predicted molar refractivity (Wildman–Crippen MR) is 116 cm³/mol. The Morgan fingerprint density at radius 3 is 2.71 bits per heavy atom.